The van der Waals surface area contributed by atoms with Crippen LogP contribution in [0.1, 0.15) is 31.1 Å². The first-order valence-electron chi connectivity index (χ1n) is 7.12. The van der Waals surface area contributed by atoms with Crippen LogP contribution in [0.25, 0.3) is 0 Å². The van der Waals surface area contributed by atoms with Crippen LogP contribution < -0.4 is 14.8 Å². The van der Waals surface area contributed by atoms with E-state index in [0.717, 1.165) is 22.9 Å². The van der Waals surface area contributed by atoms with Gasteiger partial charge in [-0.25, -0.2) is 0 Å². The van der Waals surface area contributed by atoms with Crippen LogP contribution in [0.15, 0.2) is 24.4 Å². The summed E-state index contributed by atoms with van der Waals surface area (Å²) in [5, 5.41) is 7.85. The molecular formula is C16H23N3O2. The van der Waals surface area contributed by atoms with Gasteiger partial charge < -0.3 is 14.8 Å². The SMILES string of the molecule is CCOc1ccc(NC(C)c2cn(C)nc2C)cc1OC. The van der Waals surface area contributed by atoms with Crippen molar-refractivity contribution in [1.29, 1.82) is 0 Å². The average Bonchev–Trinajstić information content (AvgIpc) is 2.79. The van der Waals surface area contributed by atoms with Gasteiger partial charge in [0.05, 0.1) is 25.5 Å². The molecule has 0 bridgehead atoms. The molecule has 1 heterocycles. The summed E-state index contributed by atoms with van der Waals surface area (Å²) >= 11 is 0. The van der Waals surface area contributed by atoms with E-state index in [1.807, 2.05) is 50.0 Å². The number of benzene rings is 1. The van der Waals surface area contributed by atoms with Crippen molar-refractivity contribution in [2.24, 2.45) is 7.05 Å². The number of rotatable bonds is 6. The van der Waals surface area contributed by atoms with Gasteiger partial charge in [0.2, 0.25) is 0 Å². The van der Waals surface area contributed by atoms with E-state index in [1.165, 1.54) is 5.56 Å². The second kappa shape index (κ2) is 6.52. The molecule has 5 nitrogen and oxygen atoms in total. The minimum Gasteiger partial charge on any atom is -0.493 e. The number of methoxy groups -OCH3 is 1. The van der Waals surface area contributed by atoms with Crippen molar-refractivity contribution in [3.8, 4) is 11.5 Å². The molecule has 0 aliphatic heterocycles. The summed E-state index contributed by atoms with van der Waals surface area (Å²) in [7, 11) is 3.58. The van der Waals surface area contributed by atoms with Gasteiger partial charge in [-0.3, -0.25) is 4.68 Å². The summed E-state index contributed by atoms with van der Waals surface area (Å²) in [6.45, 7) is 6.71. The van der Waals surface area contributed by atoms with E-state index in [2.05, 4.69) is 17.3 Å². The van der Waals surface area contributed by atoms with E-state index in [0.29, 0.717) is 6.61 Å². The van der Waals surface area contributed by atoms with E-state index >= 15 is 0 Å². The topological polar surface area (TPSA) is 48.3 Å². The van der Waals surface area contributed by atoms with Crippen molar-refractivity contribution in [2.75, 3.05) is 19.0 Å². The normalized spacial score (nSPS) is 12.0. The van der Waals surface area contributed by atoms with Gasteiger partial charge in [0.1, 0.15) is 0 Å². The fraction of sp³-hybridized carbons (Fsp3) is 0.438. The number of nitrogens with zero attached hydrogens (tertiary/aromatic N) is 2. The molecule has 5 heteroatoms. The minimum absolute atomic E-state index is 0.168. The van der Waals surface area contributed by atoms with Crippen LogP contribution in [0.4, 0.5) is 5.69 Å². The Morgan fingerprint density at radius 1 is 1.33 bits per heavy atom. The molecule has 0 radical (unpaired) electrons. The number of anilines is 1. The van der Waals surface area contributed by atoms with Crippen LogP contribution in [0.3, 0.4) is 0 Å². The fourth-order valence-corrected chi connectivity index (χ4v) is 2.40. The number of aromatic nitrogens is 2. The van der Waals surface area contributed by atoms with Gasteiger partial charge in [-0.05, 0) is 32.9 Å². The predicted molar refractivity (Wildman–Crippen MR) is 84.1 cm³/mol. The first-order valence-corrected chi connectivity index (χ1v) is 7.12. The van der Waals surface area contributed by atoms with Gasteiger partial charge in [-0.2, -0.15) is 5.10 Å². The zero-order valence-corrected chi connectivity index (χ0v) is 13.3. The largest absolute Gasteiger partial charge is 0.493 e. The quantitative estimate of drug-likeness (QED) is 0.886. The molecule has 0 saturated heterocycles. The van der Waals surface area contributed by atoms with Crippen molar-refractivity contribution < 1.29 is 9.47 Å². The van der Waals surface area contributed by atoms with E-state index in [1.54, 1.807) is 7.11 Å². The smallest absolute Gasteiger partial charge is 0.162 e. The second-order valence-corrected chi connectivity index (χ2v) is 5.01. The lowest BCUT2D eigenvalue weighted by Gasteiger charge is -2.17. The number of nitrogens with one attached hydrogen (secondary N) is 1. The molecule has 0 aliphatic carbocycles. The summed E-state index contributed by atoms with van der Waals surface area (Å²) in [5.41, 5.74) is 3.21. The molecule has 1 N–H and O–H groups in total. The lowest BCUT2D eigenvalue weighted by Crippen LogP contribution is -2.07. The van der Waals surface area contributed by atoms with Gasteiger partial charge in [0.15, 0.2) is 11.5 Å². The van der Waals surface area contributed by atoms with E-state index in [9.17, 15) is 0 Å². The van der Waals surface area contributed by atoms with Gasteiger partial charge in [0, 0.05) is 30.6 Å². The minimum atomic E-state index is 0.168. The number of aryl methyl sites for hydroxylation is 2. The molecule has 2 aromatic rings. The number of ether oxygens (including phenoxy) is 2. The Balaban J connectivity index is 2.17. The first-order chi connectivity index (χ1) is 10.0. The highest BCUT2D eigenvalue weighted by Crippen LogP contribution is 2.31. The van der Waals surface area contributed by atoms with Crippen LogP contribution in [-0.2, 0) is 7.05 Å². The lowest BCUT2D eigenvalue weighted by molar-refractivity contribution is 0.311. The molecular weight excluding hydrogens is 266 g/mol. The standard InChI is InChI=1S/C16H23N3O2/c1-6-21-15-8-7-13(9-16(15)20-5)17-11(2)14-10-19(4)18-12(14)3/h7-11,17H,6H2,1-5H3. The van der Waals surface area contributed by atoms with Gasteiger partial charge >= 0.3 is 0 Å². The Morgan fingerprint density at radius 3 is 2.67 bits per heavy atom. The fourth-order valence-electron chi connectivity index (χ4n) is 2.40. The van der Waals surface area contributed by atoms with E-state index in [4.69, 9.17) is 9.47 Å². The summed E-state index contributed by atoms with van der Waals surface area (Å²) in [5.74, 6) is 1.49. The Hall–Kier alpha value is -2.17. The number of hydrogen-bond donors (Lipinski definition) is 1. The third kappa shape index (κ3) is 3.48. The maximum atomic E-state index is 5.53. The Bertz CT molecular complexity index is 608. The zero-order valence-electron chi connectivity index (χ0n) is 13.3. The van der Waals surface area contributed by atoms with Crippen molar-refractivity contribution in [3.05, 3.63) is 35.7 Å². The molecule has 1 aromatic heterocycles. The maximum absolute atomic E-state index is 5.53. The Kier molecular flexibility index (Phi) is 4.73. The van der Waals surface area contributed by atoms with Crippen molar-refractivity contribution in [2.45, 2.75) is 26.8 Å². The van der Waals surface area contributed by atoms with E-state index in [-0.39, 0.29) is 6.04 Å². The van der Waals surface area contributed by atoms with Crippen LogP contribution in [0.5, 0.6) is 11.5 Å². The molecule has 0 saturated carbocycles. The van der Waals surface area contributed by atoms with Crippen LogP contribution >= 0.6 is 0 Å². The molecule has 0 amide bonds. The predicted octanol–water partition coefficient (Wildman–Crippen LogP) is 3.31. The average molecular weight is 289 g/mol. The van der Waals surface area contributed by atoms with Crippen molar-refractivity contribution in [3.63, 3.8) is 0 Å². The summed E-state index contributed by atoms with van der Waals surface area (Å²) in [6, 6.07) is 6.04. The molecule has 21 heavy (non-hydrogen) atoms. The number of hydrogen-bond acceptors (Lipinski definition) is 4. The molecule has 0 spiro atoms. The Morgan fingerprint density at radius 2 is 2.10 bits per heavy atom. The summed E-state index contributed by atoms with van der Waals surface area (Å²) in [6.07, 6.45) is 2.04. The third-order valence-corrected chi connectivity index (χ3v) is 3.36. The molecule has 2 rings (SSSR count). The van der Waals surface area contributed by atoms with Gasteiger partial charge in [-0.1, -0.05) is 0 Å². The van der Waals surface area contributed by atoms with Crippen molar-refractivity contribution >= 4 is 5.69 Å². The van der Waals surface area contributed by atoms with E-state index < -0.39 is 0 Å². The monoisotopic (exact) mass is 289 g/mol. The highest BCUT2D eigenvalue weighted by atomic mass is 16.5. The van der Waals surface area contributed by atoms with Gasteiger partial charge in [-0.15, -0.1) is 0 Å². The summed E-state index contributed by atoms with van der Waals surface area (Å²) < 4.78 is 12.7. The third-order valence-electron chi connectivity index (χ3n) is 3.36. The van der Waals surface area contributed by atoms with Crippen LogP contribution in [0, 0.1) is 6.92 Å². The highest BCUT2D eigenvalue weighted by molar-refractivity contribution is 5.55. The highest BCUT2D eigenvalue weighted by Gasteiger charge is 2.13. The van der Waals surface area contributed by atoms with Crippen molar-refractivity contribution in [1.82, 2.24) is 9.78 Å². The molecule has 1 atom stereocenters. The zero-order chi connectivity index (χ0) is 15.4. The van der Waals surface area contributed by atoms with Crippen LogP contribution in [0.2, 0.25) is 0 Å². The lowest BCUT2D eigenvalue weighted by atomic mass is 10.1. The first kappa shape index (κ1) is 15.2. The molecule has 0 aliphatic rings. The molecule has 1 unspecified atom stereocenters. The second-order valence-electron chi connectivity index (χ2n) is 5.01. The molecule has 0 fully saturated rings. The van der Waals surface area contributed by atoms with Crippen LogP contribution in [-0.4, -0.2) is 23.5 Å². The maximum Gasteiger partial charge on any atom is 0.162 e. The molecule has 114 valence electrons. The van der Waals surface area contributed by atoms with Gasteiger partial charge in [0.25, 0.3) is 0 Å². The molecule has 1 aromatic carbocycles. The Labute approximate surface area is 125 Å². The summed E-state index contributed by atoms with van der Waals surface area (Å²) in [4.78, 5) is 0.